The van der Waals surface area contributed by atoms with Gasteiger partial charge in [-0.05, 0) is 19.8 Å². The SMILES string of the molecule is CC(C)CN(c1c(Cl)cc([N+](=O)[O-])cc1C(=O)O)C(C)C. The molecule has 1 N–H and O–H groups in total. The second-order valence-electron chi connectivity index (χ2n) is 5.53. The Labute approximate surface area is 128 Å². The molecule has 0 saturated carbocycles. The molecule has 0 saturated heterocycles. The van der Waals surface area contributed by atoms with Crippen LogP contribution in [0.25, 0.3) is 0 Å². The van der Waals surface area contributed by atoms with Crippen LogP contribution in [0.1, 0.15) is 38.1 Å². The minimum absolute atomic E-state index is 0.0180. The molecule has 0 atom stereocenters. The van der Waals surface area contributed by atoms with E-state index < -0.39 is 10.9 Å². The van der Waals surface area contributed by atoms with Crippen molar-refractivity contribution in [1.82, 2.24) is 0 Å². The maximum Gasteiger partial charge on any atom is 0.338 e. The van der Waals surface area contributed by atoms with Crippen LogP contribution in [-0.4, -0.2) is 28.6 Å². The van der Waals surface area contributed by atoms with Crippen LogP contribution in [0.15, 0.2) is 12.1 Å². The molecule has 0 aliphatic carbocycles. The van der Waals surface area contributed by atoms with E-state index in [0.717, 1.165) is 6.07 Å². The standard InChI is InChI=1S/C14H19ClN2O4/c1-8(2)7-16(9(3)4)13-11(14(18)19)5-10(17(20)21)6-12(13)15/h5-6,8-9H,7H2,1-4H3,(H,18,19). The van der Waals surface area contributed by atoms with E-state index in [1.807, 2.05) is 32.6 Å². The zero-order valence-corrected chi connectivity index (χ0v) is 13.2. The highest BCUT2D eigenvalue weighted by molar-refractivity contribution is 6.34. The van der Waals surface area contributed by atoms with Gasteiger partial charge < -0.3 is 10.0 Å². The summed E-state index contributed by atoms with van der Waals surface area (Å²) in [5.74, 6) is -0.940. The number of hydrogen-bond acceptors (Lipinski definition) is 4. The van der Waals surface area contributed by atoms with Crippen molar-refractivity contribution in [2.75, 3.05) is 11.4 Å². The van der Waals surface area contributed by atoms with Crippen molar-refractivity contribution in [2.45, 2.75) is 33.7 Å². The number of rotatable bonds is 6. The van der Waals surface area contributed by atoms with Crippen LogP contribution in [0, 0.1) is 16.0 Å². The molecule has 0 aliphatic heterocycles. The average Bonchev–Trinajstić information content (AvgIpc) is 2.34. The van der Waals surface area contributed by atoms with Crippen LogP contribution < -0.4 is 4.90 Å². The van der Waals surface area contributed by atoms with Gasteiger partial charge >= 0.3 is 5.97 Å². The van der Waals surface area contributed by atoms with E-state index in [2.05, 4.69) is 0 Å². The number of carboxylic acid groups (broad SMARTS) is 1. The van der Waals surface area contributed by atoms with Gasteiger partial charge in [-0.15, -0.1) is 0 Å². The summed E-state index contributed by atoms with van der Waals surface area (Å²) in [5, 5.41) is 20.3. The number of halogens is 1. The van der Waals surface area contributed by atoms with Crippen LogP contribution in [-0.2, 0) is 0 Å². The van der Waals surface area contributed by atoms with Crippen molar-refractivity contribution in [2.24, 2.45) is 5.92 Å². The van der Waals surface area contributed by atoms with E-state index in [0.29, 0.717) is 18.2 Å². The molecular formula is C14H19ClN2O4. The number of carboxylic acids is 1. The highest BCUT2D eigenvalue weighted by atomic mass is 35.5. The molecule has 0 bridgehead atoms. The first-order valence-electron chi connectivity index (χ1n) is 6.63. The molecule has 1 aromatic rings. The Morgan fingerprint density at radius 2 is 1.95 bits per heavy atom. The number of hydrogen-bond donors (Lipinski definition) is 1. The summed E-state index contributed by atoms with van der Waals surface area (Å²) in [6, 6.07) is 2.27. The fourth-order valence-electron chi connectivity index (χ4n) is 2.10. The Hall–Kier alpha value is -1.82. The fraction of sp³-hybridized carbons (Fsp3) is 0.500. The van der Waals surface area contributed by atoms with Gasteiger partial charge in [0.2, 0.25) is 0 Å². The predicted octanol–water partition coefficient (Wildman–Crippen LogP) is 3.82. The van der Waals surface area contributed by atoms with E-state index in [1.165, 1.54) is 6.07 Å². The first-order valence-corrected chi connectivity index (χ1v) is 7.00. The Balaban J connectivity index is 3.51. The molecule has 0 aromatic heterocycles. The van der Waals surface area contributed by atoms with Gasteiger partial charge in [-0.2, -0.15) is 0 Å². The summed E-state index contributed by atoms with van der Waals surface area (Å²) in [6.07, 6.45) is 0. The minimum atomic E-state index is -1.23. The second-order valence-corrected chi connectivity index (χ2v) is 5.93. The van der Waals surface area contributed by atoms with E-state index in [9.17, 15) is 20.0 Å². The zero-order valence-electron chi connectivity index (χ0n) is 12.5. The van der Waals surface area contributed by atoms with E-state index in [1.54, 1.807) is 0 Å². The second kappa shape index (κ2) is 6.76. The van der Waals surface area contributed by atoms with Crippen molar-refractivity contribution in [1.29, 1.82) is 0 Å². The van der Waals surface area contributed by atoms with E-state index in [-0.39, 0.29) is 22.3 Å². The van der Waals surface area contributed by atoms with Gasteiger partial charge in [0.1, 0.15) is 0 Å². The number of carbonyl (C=O) groups is 1. The molecule has 0 spiro atoms. The number of anilines is 1. The minimum Gasteiger partial charge on any atom is -0.478 e. The summed E-state index contributed by atoms with van der Waals surface area (Å²) in [7, 11) is 0. The highest BCUT2D eigenvalue weighted by Gasteiger charge is 2.25. The van der Waals surface area contributed by atoms with Crippen molar-refractivity contribution < 1.29 is 14.8 Å². The first-order chi connectivity index (χ1) is 9.65. The van der Waals surface area contributed by atoms with Gasteiger partial charge in [-0.1, -0.05) is 25.4 Å². The number of non-ortho nitro benzene ring substituents is 1. The molecule has 7 heteroatoms. The summed E-state index contributed by atoms with van der Waals surface area (Å²) in [5.41, 5.74) is -0.142. The smallest absolute Gasteiger partial charge is 0.338 e. The highest BCUT2D eigenvalue weighted by Crippen LogP contribution is 2.35. The molecule has 6 nitrogen and oxygen atoms in total. The van der Waals surface area contributed by atoms with Gasteiger partial charge in [0.05, 0.1) is 21.2 Å². The summed E-state index contributed by atoms with van der Waals surface area (Å²) in [4.78, 5) is 23.5. The van der Waals surface area contributed by atoms with Crippen LogP contribution in [0.2, 0.25) is 5.02 Å². The maximum atomic E-state index is 11.5. The predicted molar refractivity (Wildman–Crippen MR) is 82.4 cm³/mol. The molecule has 0 radical (unpaired) electrons. The molecule has 0 fully saturated rings. The number of aromatic carboxylic acids is 1. The molecule has 0 amide bonds. The molecule has 0 heterocycles. The lowest BCUT2D eigenvalue weighted by Gasteiger charge is -2.32. The zero-order chi connectivity index (χ0) is 16.3. The normalized spacial score (nSPS) is 11.0. The van der Waals surface area contributed by atoms with Gasteiger partial charge in [0, 0.05) is 24.7 Å². The van der Waals surface area contributed by atoms with Crippen molar-refractivity contribution in [3.63, 3.8) is 0 Å². The lowest BCUT2D eigenvalue weighted by molar-refractivity contribution is -0.384. The van der Waals surface area contributed by atoms with Crippen LogP contribution in [0.4, 0.5) is 11.4 Å². The Kier molecular flexibility index (Phi) is 5.54. The van der Waals surface area contributed by atoms with Crippen molar-refractivity contribution >= 4 is 28.9 Å². The Morgan fingerprint density at radius 1 is 1.38 bits per heavy atom. The Bertz CT molecular complexity index is 558. The summed E-state index contributed by atoms with van der Waals surface area (Å²) >= 11 is 6.14. The van der Waals surface area contributed by atoms with E-state index in [4.69, 9.17) is 11.6 Å². The molecule has 0 unspecified atom stereocenters. The summed E-state index contributed by atoms with van der Waals surface area (Å²) in [6.45, 7) is 8.47. The van der Waals surface area contributed by atoms with Crippen LogP contribution in [0.3, 0.4) is 0 Å². The maximum absolute atomic E-state index is 11.5. The lowest BCUT2D eigenvalue weighted by atomic mass is 10.1. The third-order valence-corrected chi connectivity index (χ3v) is 3.25. The third-order valence-electron chi connectivity index (χ3n) is 2.96. The molecule has 0 aliphatic rings. The number of benzene rings is 1. The number of nitro benzene ring substituents is 1. The number of nitro groups is 1. The van der Waals surface area contributed by atoms with Gasteiger partial charge in [0.25, 0.3) is 5.69 Å². The lowest BCUT2D eigenvalue weighted by Crippen LogP contribution is -2.35. The molecule has 1 rings (SSSR count). The van der Waals surface area contributed by atoms with Crippen molar-refractivity contribution in [3.05, 3.63) is 32.8 Å². The monoisotopic (exact) mass is 314 g/mol. The van der Waals surface area contributed by atoms with Gasteiger partial charge in [-0.3, -0.25) is 10.1 Å². The summed E-state index contributed by atoms with van der Waals surface area (Å²) < 4.78 is 0. The first kappa shape index (κ1) is 17.2. The topological polar surface area (TPSA) is 83.7 Å². The molecule has 116 valence electrons. The quantitative estimate of drug-likeness (QED) is 0.637. The number of nitrogens with zero attached hydrogens (tertiary/aromatic N) is 2. The Morgan fingerprint density at radius 3 is 2.33 bits per heavy atom. The van der Waals surface area contributed by atoms with Gasteiger partial charge in [0.15, 0.2) is 0 Å². The fourth-order valence-corrected chi connectivity index (χ4v) is 2.42. The van der Waals surface area contributed by atoms with Crippen LogP contribution in [0.5, 0.6) is 0 Å². The van der Waals surface area contributed by atoms with Gasteiger partial charge in [-0.25, -0.2) is 4.79 Å². The average molecular weight is 315 g/mol. The third kappa shape index (κ3) is 4.07. The molecule has 21 heavy (non-hydrogen) atoms. The molecular weight excluding hydrogens is 296 g/mol. The van der Waals surface area contributed by atoms with Crippen molar-refractivity contribution in [3.8, 4) is 0 Å². The molecule has 1 aromatic carbocycles. The van der Waals surface area contributed by atoms with E-state index >= 15 is 0 Å². The largest absolute Gasteiger partial charge is 0.478 e. The van der Waals surface area contributed by atoms with Crippen LogP contribution >= 0.6 is 11.6 Å².